The van der Waals surface area contributed by atoms with E-state index in [0.29, 0.717) is 5.56 Å². The number of nitro benzene ring substituents is 1. The molecule has 0 spiro atoms. The summed E-state index contributed by atoms with van der Waals surface area (Å²) < 4.78 is 4.74. The third kappa shape index (κ3) is 2.94. The van der Waals surface area contributed by atoms with Crippen molar-refractivity contribution in [2.45, 2.75) is 13.3 Å². The molecule has 1 aromatic rings. The molecule has 0 aliphatic rings. The van der Waals surface area contributed by atoms with Gasteiger partial charge < -0.3 is 10.5 Å². The molecule has 0 heterocycles. The average molecular weight is 224 g/mol. The Bertz CT molecular complexity index is 417. The van der Waals surface area contributed by atoms with Crippen LogP contribution in [0.3, 0.4) is 0 Å². The number of carbonyl (C=O) groups excluding carboxylic acids is 1. The molecule has 0 aliphatic heterocycles. The maximum absolute atomic E-state index is 11.2. The van der Waals surface area contributed by atoms with Crippen molar-refractivity contribution in [1.82, 2.24) is 0 Å². The molecule has 0 saturated heterocycles. The van der Waals surface area contributed by atoms with Crippen molar-refractivity contribution in [2.75, 3.05) is 12.3 Å². The van der Waals surface area contributed by atoms with Gasteiger partial charge in [-0.3, -0.25) is 14.9 Å². The van der Waals surface area contributed by atoms with Crippen LogP contribution in [0.5, 0.6) is 0 Å². The molecule has 0 radical (unpaired) electrons. The zero-order chi connectivity index (χ0) is 12.1. The normalized spacial score (nSPS) is 9.81. The van der Waals surface area contributed by atoms with E-state index in [1.807, 2.05) is 0 Å². The number of nitro groups is 1. The highest BCUT2D eigenvalue weighted by Crippen LogP contribution is 2.22. The van der Waals surface area contributed by atoms with Crippen LogP contribution in [0, 0.1) is 10.1 Å². The number of nitrogens with two attached hydrogens (primary N) is 1. The summed E-state index contributed by atoms with van der Waals surface area (Å²) in [5.74, 6) is -0.415. The Balaban J connectivity index is 2.87. The second-order valence-electron chi connectivity index (χ2n) is 3.13. The van der Waals surface area contributed by atoms with Gasteiger partial charge in [0.15, 0.2) is 0 Å². The van der Waals surface area contributed by atoms with Gasteiger partial charge in [-0.25, -0.2) is 0 Å². The molecule has 0 aliphatic carbocycles. The number of carbonyl (C=O) groups is 1. The maximum Gasteiger partial charge on any atom is 0.310 e. The number of nitrogen functional groups attached to an aromatic ring is 1. The van der Waals surface area contributed by atoms with E-state index in [9.17, 15) is 14.9 Å². The largest absolute Gasteiger partial charge is 0.466 e. The fraction of sp³-hybridized carbons (Fsp3) is 0.300. The zero-order valence-electron chi connectivity index (χ0n) is 8.80. The minimum atomic E-state index is -0.579. The summed E-state index contributed by atoms with van der Waals surface area (Å²) in [4.78, 5) is 21.2. The molecule has 16 heavy (non-hydrogen) atoms. The van der Waals surface area contributed by atoms with Crippen LogP contribution < -0.4 is 5.73 Å². The van der Waals surface area contributed by atoms with Crippen LogP contribution >= 0.6 is 0 Å². The third-order valence-electron chi connectivity index (χ3n) is 1.95. The van der Waals surface area contributed by atoms with E-state index in [4.69, 9.17) is 10.5 Å². The number of hydrogen-bond donors (Lipinski definition) is 1. The summed E-state index contributed by atoms with van der Waals surface area (Å²) in [5.41, 5.74) is 5.82. The molecule has 1 rings (SSSR count). The van der Waals surface area contributed by atoms with E-state index in [1.165, 1.54) is 12.1 Å². The van der Waals surface area contributed by atoms with Crippen LogP contribution in [0.2, 0.25) is 0 Å². The molecule has 6 heteroatoms. The smallest absolute Gasteiger partial charge is 0.310 e. The summed E-state index contributed by atoms with van der Waals surface area (Å²) in [6, 6.07) is 4.26. The molecular weight excluding hydrogens is 212 g/mol. The second-order valence-corrected chi connectivity index (χ2v) is 3.13. The highest BCUT2D eigenvalue weighted by Gasteiger charge is 2.13. The average Bonchev–Trinajstić information content (AvgIpc) is 2.21. The molecule has 0 bridgehead atoms. The van der Waals surface area contributed by atoms with Crippen molar-refractivity contribution in [1.29, 1.82) is 0 Å². The summed E-state index contributed by atoms with van der Waals surface area (Å²) in [7, 11) is 0. The second kappa shape index (κ2) is 5.11. The summed E-state index contributed by atoms with van der Waals surface area (Å²) in [6.45, 7) is 1.99. The maximum atomic E-state index is 11.2. The first-order valence-electron chi connectivity index (χ1n) is 4.73. The van der Waals surface area contributed by atoms with Gasteiger partial charge in [-0.1, -0.05) is 6.07 Å². The SMILES string of the molecule is CCOC(=O)Cc1ccc(N)c([N+](=O)[O-])c1. The van der Waals surface area contributed by atoms with E-state index in [0.717, 1.165) is 0 Å². The van der Waals surface area contributed by atoms with Gasteiger partial charge in [0.25, 0.3) is 5.69 Å². The Hall–Kier alpha value is -2.11. The van der Waals surface area contributed by atoms with Crippen LogP contribution in [-0.2, 0) is 16.0 Å². The lowest BCUT2D eigenvalue weighted by atomic mass is 10.1. The van der Waals surface area contributed by atoms with E-state index in [2.05, 4.69) is 0 Å². The number of ether oxygens (including phenoxy) is 1. The van der Waals surface area contributed by atoms with Crippen molar-refractivity contribution < 1.29 is 14.5 Å². The van der Waals surface area contributed by atoms with Gasteiger partial charge in [0.2, 0.25) is 0 Å². The number of hydrogen-bond acceptors (Lipinski definition) is 5. The number of nitrogens with zero attached hydrogens (tertiary/aromatic N) is 1. The monoisotopic (exact) mass is 224 g/mol. The Morgan fingerprint density at radius 1 is 1.56 bits per heavy atom. The van der Waals surface area contributed by atoms with Crippen LogP contribution in [0.4, 0.5) is 11.4 Å². The van der Waals surface area contributed by atoms with E-state index in [-0.39, 0.29) is 24.4 Å². The van der Waals surface area contributed by atoms with Crippen LogP contribution in [0.25, 0.3) is 0 Å². The van der Waals surface area contributed by atoms with Gasteiger partial charge in [-0.05, 0) is 18.6 Å². The van der Waals surface area contributed by atoms with Crippen molar-refractivity contribution in [3.8, 4) is 0 Å². The van der Waals surface area contributed by atoms with Gasteiger partial charge in [-0.2, -0.15) is 0 Å². The van der Waals surface area contributed by atoms with Crippen LogP contribution in [0.15, 0.2) is 18.2 Å². The lowest BCUT2D eigenvalue weighted by molar-refractivity contribution is -0.383. The summed E-state index contributed by atoms with van der Waals surface area (Å²) >= 11 is 0. The first-order chi connectivity index (χ1) is 7.54. The Morgan fingerprint density at radius 2 is 2.25 bits per heavy atom. The van der Waals surface area contributed by atoms with E-state index >= 15 is 0 Å². The molecule has 0 atom stereocenters. The molecule has 1 aromatic carbocycles. The van der Waals surface area contributed by atoms with Gasteiger partial charge >= 0.3 is 5.97 Å². The van der Waals surface area contributed by atoms with Crippen molar-refractivity contribution in [2.24, 2.45) is 0 Å². The molecule has 0 saturated carbocycles. The Labute approximate surface area is 92.2 Å². The lowest BCUT2D eigenvalue weighted by Gasteiger charge is -2.03. The Kier molecular flexibility index (Phi) is 3.82. The number of anilines is 1. The molecule has 0 aromatic heterocycles. The van der Waals surface area contributed by atoms with Crippen molar-refractivity contribution in [3.63, 3.8) is 0 Å². The number of esters is 1. The topological polar surface area (TPSA) is 95.5 Å². The summed E-state index contributed by atoms with van der Waals surface area (Å²) in [5, 5.41) is 10.6. The van der Waals surface area contributed by atoms with E-state index in [1.54, 1.807) is 13.0 Å². The predicted octanol–water partition coefficient (Wildman–Crippen LogP) is 1.28. The van der Waals surface area contributed by atoms with Crippen molar-refractivity contribution in [3.05, 3.63) is 33.9 Å². The highest BCUT2D eigenvalue weighted by atomic mass is 16.6. The number of rotatable bonds is 4. The number of benzene rings is 1. The predicted molar refractivity (Wildman–Crippen MR) is 57.8 cm³/mol. The lowest BCUT2D eigenvalue weighted by Crippen LogP contribution is -2.08. The van der Waals surface area contributed by atoms with Gasteiger partial charge in [0.05, 0.1) is 18.0 Å². The molecule has 6 nitrogen and oxygen atoms in total. The Morgan fingerprint density at radius 3 is 2.81 bits per heavy atom. The molecule has 0 unspecified atom stereocenters. The fourth-order valence-electron chi connectivity index (χ4n) is 1.24. The minimum absolute atomic E-state index is 0.00889. The standard InChI is InChI=1S/C10H12N2O4/c1-2-16-10(13)6-7-3-4-8(11)9(5-7)12(14)15/h3-5H,2,6,11H2,1H3. The van der Waals surface area contributed by atoms with Crippen LogP contribution in [0.1, 0.15) is 12.5 Å². The van der Waals surface area contributed by atoms with Crippen molar-refractivity contribution >= 4 is 17.3 Å². The zero-order valence-corrected chi connectivity index (χ0v) is 8.80. The summed E-state index contributed by atoms with van der Waals surface area (Å²) in [6.07, 6.45) is 0.00889. The van der Waals surface area contributed by atoms with Gasteiger partial charge in [-0.15, -0.1) is 0 Å². The molecular formula is C10H12N2O4. The van der Waals surface area contributed by atoms with E-state index < -0.39 is 10.9 Å². The quantitative estimate of drug-likeness (QED) is 0.359. The fourth-order valence-corrected chi connectivity index (χ4v) is 1.24. The third-order valence-corrected chi connectivity index (χ3v) is 1.95. The molecule has 2 N–H and O–H groups in total. The first-order valence-corrected chi connectivity index (χ1v) is 4.73. The highest BCUT2D eigenvalue weighted by molar-refractivity contribution is 5.73. The molecule has 0 fully saturated rings. The van der Waals surface area contributed by atoms with Gasteiger partial charge in [0, 0.05) is 6.07 Å². The molecule has 0 amide bonds. The van der Waals surface area contributed by atoms with Crippen LogP contribution in [-0.4, -0.2) is 17.5 Å². The van der Waals surface area contributed by atoms with Gasteiger partial charge in [0.1, 0.15) is 5.69 Å². The molecule has 86 valence electrons. The first kappa shape index (κ1) is 12.0. The minimum Gasteiger partial charge on any atom is -0.466 e.